The van der Waals surface area contributed by atoms with Crippen molar-refractivity contribution in [2.45, 2.75) is 5.03 Å². The van der Waals surface area contributed by atoms with Crippen molar-refractivity contribution in [3.63, 3.8) is 0 Å². The Labute approximate surface area is 93.3 Å². The zero-order chi connectivity index (χ0) is 11.6. The Balaban J connectivity index is 2.53. The summed E-state index contributed by atoms with van der Waals surface area (Å²) in [6, 6.07) is 13.6. The first kappa shape index (κ1) is 10.8. The van der Waals surface area contributed by atoms with E-state index in [0.717, 1.165) is 5.56 Å². The largest absolute Gasteiger partial charge is 0.312 e. The van der Waals surface area contributed by atoms with E-state index in [-0.39, 0.29) is 5.03 Å². The highest BCUT2D eigenvalue weighted by molar-refractivity contribution is 7.85. The van der Waals surface area contributed by atoms with Crippen LogP contribution >= 0.6 is 0 Å². The third-order valence-corrected chi connectivity index (χ3v) is 2.81. The van der Waals surface area contributed by atoms with Gasteiger partial charge in [-0.15, -0.1) is 0 Å². The topological polar surface area (TPSA) is 67.3 Å². The first-order valence-electron chi connectivity index (χ1n) is 4.57. The Morgan fingerprint density at radius 2 is 1.62 bits per heavy atom. The average molecular weight is 235 g/mol. The van der Waals surface area contributed by atoms with Gasteiger partial charge in [-0.2, -0.15) is 8.42 Å². The molecule has 0 atom stereocenters. The molecule has 1 heterocycles. The van der Waals surface area contributed by atoms with Crippen molar-refractivity contribution in [1.82, 2.24) is 4.98 Å². The van der Waals surface area contributed by atoms with Crippen molar-refractivity contribution in [1.29, 1.82) is 0 Å². The van der Waals surface area contributed by atoms with E-state index in [1.54, 1.807) is 12.1 Å². The molecule has 0 aliphatic heterocycles. The molecule has 4 nitrogen and oxygen atoms in total. The summed E-state index contributed by atoms with van der Waals surface area (Å²) in [5.74, 6) is 0. The summed E-state index contributed by atoms with van der Waals surface area (Å²) < 4.78 is 30.7. The van der Waals surface area contributed by atoms with Crippen molar-refractivity contribution >= 4 is 10.1 Å². The summed E-state index contributed by atoms with van der Waals surface area (Å²) >= 11 is 0. The lowest BCUT2D eigenvalue weighted by Gasteiger charge is -2.01. The molecule has 1 aromatic heterocycles. The fourth-order valence-corrected chi connectivity index (χ4v) is 1.79. The van der Waals surface area contributed by atoms with Crippen LogP contribution in [-0.2, 0) is 10.1 Å². The number of rotatable bonds is 2. The van der Waals surface area contributed by atoms with E-state index in [9.17, 15) is 8.42 Å². The van der Waals surface area contributed by atoms with Crippen molar-refractivity contribution in [2.24, 2.45) is 0 Å². The first-order chi connectivity index (χ1) is 7.57. The molecular weight excluding hydrogens is 226 g/mol. The Morgan fingerprint density at radius 3 is 2.25 bits per heavy atom. The van der Waals surface area contributed by atoms with Gasteiger partial charge in [-0.3, -0.25) is 4.55 Å². The Hall–Kier alpha value is -1.72. The molecule has 0 saturated heterocycles. The van der Waals surface area contributed by atoms with Gasteiger partial charge in [0.25, 0.3) is 0 Å². The molecular formula is C11H9NO3S. The number of nitrogens with zero attached hydrogens (tertiary/aromatic N) is 1. The number of aromatic nitrogens is 1. The third kappa shape index (κ3) is 2.26. The van der Waals surface area contributed by atoms with Gasteiger partial charge in [-0.25, -0.2) is 4.98 Å². The maximum atomic E-state index is 10.9. The minimum Gasteiger partial charge on any atom is -0.281 e. The van der Waals surface area contributed by atoms with Crippen LogP contribution in [0.15, 0.2) is 53.6 Å². The molecule has 0 radical (unpaired) electrons. The molecule has 0 spiro atoms. The van der Waals surface area contributed by atoms with Crippen LogP contribution in [0.3, 0.4) is 0 Å². The monoisotopic (exact) mass is 235 g/mol. The molecule has 1 N–H and O–H groups in total. The zero-order valence-electron chi connectivity index (χ0n) is 8.24. The van der Waals surface area contributed by atoms with Crippen LogP contribution in [-0.4, -0.2) is 18.0 Å². The van der Waals surface area contributed by atoms with Crippen LogP contribution in [0.1, 0.15) is 0 Å². The summed E-state index contributed by atoms with van der Waals surface area (Å²) in [7, 11) is -4.24. The highest BCUT2D eigenvalue weighted by atomic mass is 32.2. The second-order valence-electron chi connectivity index (χ2n) is 3.20. The van der Waals surface area contributed by atoms with E-state index in [0.29, 0.717) is 5.69 Å². The minimum atomic E-state index is -4.24. The van der Waals surface area contributed by atoms with Crippen LogP contribution in [0, 0.1) is 0 Å². The second-order valence-corrected chi connectivity index (χ2v) is 4.57. The molecule has 0 saturated carbocycles. The number of pyridine rings is 1. The minimum absolute atomic E-state index is 0.339. The summed E-state index contributed by atoms with van der Waals surface area (Å²) in [5.41, 5.74) is 1.31. The van der Waals surface area contributed by atoms with E-state index in [1.165, 1.54) is 6.07 Å². The molecule has 2 rings (SSSR count). The van der Waals surface area contributed by atoms with Crippen LogP contribution in [0.5, 0.6) is 0 Å². The fourth-order valence-electron chi connectivity index (χ4n) is 1.33. The van der Waals surface area contributed by atoms with Gasteiger partial charge in [0.1, 0.15) is 0 Å². The predicted molar refractivity (Wildman–Crippen MR) is 59.5 cm³/mol. The van der Waals surface area contributed by atoms with Gasteiger partial charge < -0.3 is 0 Å². The predicted octanol–water partition coefficient (Wildman–Crippen LogP) is 2.00. The zero-order valence-corrected chi connectivity index (χ0v) is 9.05. The normalized spacial score (nSPS) is 11.3. The van der Waals surface area contributed by atoms with Gasteiger partial charge in [0.05, 0.1) is 5.69 Å². The quantitative estimate of drug-likeness (QED) is 0.808. The van der Waals surface area contributed by atoms with Crippen LogP contribution < -0.4 is 0 Å². The van der Waals surface area contributed by atoms with Gasteiger partial charge in [-0.1, -0.05) is 36.4 Å². The average Bonchev–Trinajstić information content (AvgIpc) is 2.29. The van der Waals surface area contributed by atoms with Gasteiger partial charge in [0, 0.05) is 5.56 Å². The van der Waals surface area contributed by atoms with E-state index < -0.39 is 10.1 Å². The SMILES string of the molecule is O=S(=O)(O)c1cccc(-c2ccccc2)n1. The van der Waals surface area contributed by atoms with Crippen molar-refractivity contribution in [3.8, 4) is 11.3 Å². The molecule has 16 heavy (non-hydrogen) atoms. The number of hydrogen-bond donors (Lipinski definition) is 1. The van der Waals surface area contributed by atoms with Crippen molar-refractivity contribution in [3.05, 3.63) is 48.5 Å². The molecule has 0 amide bonds. The van der Waals surface area contributed by atoms with E-state index in [1.807, 2.05) is 30.3 Å². The Kier molecular flexibility index (Phi) is 2.72. The second kappa shape index (κ2) is 4.03. The Morgan fingerprint density at radius 1 is 0.938 bits per heavy atom. The first-order valence-corrected chi connectivity index (χ1v) is 6.01. The maximum Gasteiger partial charge on any atom is 0.312 e. The standard InChI is InChI=1S/C11H9NO3S/c13-16(14,15)11-8-4-7-10(12-11)9-5-2-1-3-6-9/h1-8H,(H,13,14,15). The molecule has 1 aromatic carbocycles. The molecule has 0 fully saturated rings. The molecule has 0 aliphatic carbocycles. The number of hydrogen-bond acceptors (Lipinski definition) is 3. The van der Waals surface area contributed by atoms with E-state index in [2.05, 4.69) is 4.98 Å². The van der Waals surface area contributed by atoms with E-state index >= 15 is 0 Å². The smallest absolute Gasteiger partial charge is 0.281 e. The molecule has 0 bridgehead atoms. The lowest BCUT2D eigenvalue weighted by molar-refractivity contribution is 0.479. The third-order valence-electron chi connectivity index (χ3n) is 2.06. The summed E-state index contributed by atoms with van der Waals surface area (Å²) in [5, 5.41) is -0.339. The molecule has 0 unspecified atom stereocenters. The maximum absolute atomic E-state index is 10.9. The fraction of sp³-hybridized carbons (Fsp3) is 0. The summed E-state index contributed by atoms with van der Waals surface area (Å²) in [4.78, 5) is 3.88. The van der Waals surface area contributed by atoms with Crippen LogP contribution in [0.4, 0.5) is 0 Å². The van der Waals surface area contributed by atoms with Crippen molar-refractivity contribution < 1.29 is 13.0 Å². The van der Waals surface area contributed by atoms with Crippen molar-refractivity contribution in [2.75, 3.05) is 0 Å². The molecule has 5 heteroatoms. The lowest BCUT2D eigenvalue weighted by atomic mass is 10.1. The number of benzene rings is 1. The Bertz CT molecular complexity index is 594. The van der Waals surface area contributed by atoms with Gasteiger partial charge in [0.2, 0.25) is 0 Å². The molecule has 0 aliphatic rings. The van der Waals surface area contributed by atoms with Crippen LogP contribution in [0.25, 0.3) is 11.3 Å². The van der Waals surface area contributed by atoms with Gasteiger partial charge >= 0.3 is 10.1 Å². The lowest BCUT2D eigenvalue weighted by Crippen LogP contribution is -2.01. The van der Waals surface area contributed by atoms with Gasteiger partial charge in [0.15, 0.2) is 5.03 Å². The van der Waals surface area contributed by atoms with Gasteiger partial charge in [-0.05, 0) is 12.1 Å². The molecule has 2 aromatic rings. The highest BCUT2D eigenvalue weighted by Gasteiger charge is 2.11. The summed E-state index contributed by atoms with van der Waals surface area (Å²) in [6.07, 6.45) is 0. The summed E-state index contributed by atoms with van der Waals surface area (Å²) in [6.45, 7) is 0. The van der Waals surface area contributed by atoms with Crippen LogP contribution in [0.2, 0.25) is 0 Å². The molecule has 82 valence electrons. The highest BCUT2D eigenvalue weighted by Crippen LogP contribution is 2.17. The van der Waals surface area contributed by atoms with E-state index in [4.69, 9.17) is 4.55 Å².